The molecule has 0 saturated heterocycles. The van der Waals surface area contributed by atoms with Crippen LogP contribution in [0.3, 0.4) is 0 Å². The summed E-state index contributed by atoms with van der Waals surface area (Å²) in [5.74, 6) is -0.397. The number of esters is 1. The molecular weight excluding hydrogens is 270 g/mol. The van der Waals surface area contributed by atoms with E-state index < -0.39 is 0 Å². The monoisotopic (exact) mass is 287 g/mol. The van der Waals surface area contributed by atoms with Crippen LogP contribution < -0.4 is 5.76 Å². The minimum absolute atomic E-state index is 0.0522. The van der Waals surface area contributed by atoms with Crippen molar-refractivity contribution in [3.8, 4) is 0 Å². The SMILES string of the molecule is CCOC(=O)C12CC(c3ccc4oc(=O)n(C)c4c3)(C1)C2. The summed E-state index contributed by atoms with van der Waals surface area (Å²) in [6, 6.07) is 5.89. The lowest BCUT2D eigenvalue weighted by atomic mass is 9.33. The van der Waals surface area contributed by atoms with Crippen LogP contribution in [-0.4, -0.2) is 17.1 Å². The quantitative estimate of drug-likeness (QED) is 0.811. The van der Waals surface area contributed by atoms with Crippen LogP contribution in [0.15, 0.2) is 27.4 Å². The van der Waals surface area contributed by atoms with Crippen molar-refractivity contribution in [2.24, 2.45) is 12.5 Å². The molecule has 2 bridgehead atoms. The number of fused-ring (bicyclic) bond motifs is 1. The fraction of sp³-hybridized carbons (Fsp3) is 0.500. The van der Waals surface area contributed by atoms with Gasteiger partial charge in [0.05, 0.1) is 17.5 Å². The van der Waals surface area contributed by atoms with E-state index in [1.165, 1.54) is 10.1 Å². The van der Waals surface area contributed by atoms with Gasteiger partial charge in [0.15, 0.2) is 5.58 Å². The molecule has 5 nitrogen and oxygen atoms in total. The highest BCUT2D eigenvalue weighted by atomic mass is 16.5. The van der Waals surface area contributed by atoms with Crippen LogP contribution in [0.2, 0.25) is 0 Å². The van der Waals surface area contributed by atoms with E-state index in [4.69, 9.17) is 9.15 Å². The number of nitrogens with zero attached hydrogens (tertiary/aromatic N) is 1. The summed E-state index contributed by atoms with van der Waals surface area (Å²) in [5, 5.41) is 0. The van der Waals surface area contributed by atoms with E-state index in [9.17, 15) is 9.59 Å². The van der Waals surface area contributed by atoms with Crippen LogP contribution in [0, 0.1) is 5.41 Å². The summed E-state index contributed by atoms with van der Waals surface area (Å²) in [6.07, 6.45) is 2.57. The lowest BCUT2D eigenvalue weighted by Gasteiger charge is -2.69. The molecule has 0 unspecified atom stereocenters. The molecule has 0 amide bonds. The molecule has 0 atom stereocenters. The Morgan fingerprint density at radius 1 is 1.38 bits per heavy atom. The topological polar surface area (TPSA) is 61.4 Å². The number of benzene rings is 1. The molecule has 2 aromatic rings. The summed E-state index contributed by atoms with van der Waals surface area (Å²) < 4.78 is 11.8. The van der Waals surface area contributed by atoms with Gasteiger partial charge >= 0.3 is 11.7 Å². The number of rotatable bonds is 3. The molecule has 3 fully saturated rings. The molecule has 5 rings (SSSR count). The van der Waals surface area contributed by atoms with Crippen LogP contribution in [0.5, 0.6) is 0 Å². The van der Waals surface area contributed by atoms with Gasteiger partial charge in [0.2, 0.25) is 0 Å². The Morgan fingerprint density at radius 2 is 2.10 bits per heavy atom. The standard InChI is InChI=1S/C16H17NO4/c1-3-20-13(18)16-7-15(8-16,9-16)10-4-5-12-11(6-10)17(2)14(19)21-12/h4-6H,3,7-9H2,1-2H3. The molecule has 21 heavy (non-hydrogen) atoms. The lowest BCUT2D eigenvalue weighted by Crippen LogP contribution is -2.68. The predicted octanol–water partition coefficient (Wildman–Crippen LogP) is 2.12. The first-order valence-corrected chi connectivity index (χ1v) is 7.27. The fourth-order valence-electron chi connectivity index (χ4n) is 4.05. The molecule has 3 aliphatic rings. The molecule has 110 valence electrons. The molecule has 1 aromatic heterocycles. The van der Waals surface area contributed by atoms with Crippen molar-refractivity contribution in [3.63, 3.8) is 0 Å². The van der Waals surface area contributed by atoms with Crippen molar-refractivity contribution in [1.82, 2.24) is 4.57 Å². The van der Waals surface area contributed by atoms with Gasteiger partial charge < -0.3 is 9.15 Å². The second-order valence-corrected chi connectivity index (χ2v) is 6.42. The van der Waals surface area contributed by atoms with E-state index in [0.717, 1.165) is 24.8 Å². The first-order valence-electron chi connectivity index (χ1n) is 7.27. The third-order valence-electron chi connectivity index (χ3n) is 5.14. The molecule has 5 heteroatoms. The Balaban J connectivity index is 1.64. The highest BCUT2D eigenvalue weighted by molar-refractivity contribution is 5.83. The van der Waals surface area contributed by atoms with Crippen LogP contribution in [-0.2, 0) is 22.0 Å². The van der Waals surface area contributed by atoms with Crippen molar-refractivity contribution >= 4 is 17.1 Å². The minimum Gasteiger partial charge on any atom is -0.466 e. The first kappa shape index (κ1) is 12.7. The van der Waals surface area contributed by atoms with Gasteiger partial charge in [-0.2, -0.15) is 0 Å². The molecule has 0 spiro atoms. The first-order chi connectivity index (χ1) is 10.00. The van der Waals surface area contributed by atoms with Gasteiger partial charge in [0.25, 0.3) is 0 Å². The molecule has 0 aliphatic heterocycles. The third-order valence-corrected chi connectivity index (χ3v) is 5.14. The van der Waals surface area contributed by atoms with E-state index in [2.05, 4.69) is 0 Å². The van der Waals surface area contributed by atoms with Gasteiger partial charge in [-0.15, -0.1) is 0 Å². The van der Waals surface area contributed by atoms with Crippen molar-refractivity contribution in [1.29, 1.82) is 0 Å². The summed E-state index contributed by atoms with van der Waals surface area (Å²) in [6.45, 7) is 2.28. The number of carbonyl (C=O) groups is 1. The summed E-state index contributed by atoms with van der Waals surface area (Å²) >= 11 is 0. The van der Waals surface area contributed by atoms with Crippen molar-refractivity contribution in [3.05, 3.63) is 34.3 Å². The maximum Gasteiger partial charge on any atom is 0.419 e. The molecule has 3 aliphatic carbocycles. The number of hydrogen-bond donors (Lipinski definition) is 0. The number of aryl methyl sites for hydroxylation is 1. The molecule has 1 aromatic carbocycles. The van der Waals surface area contributed by atoms with Gasteiger partial charge in [-0.1, -0.05) is 6.07 Å². The average Bonchev–Trinajstić information content (AvgIpc) is 2.63. The Hall–Kier alpha value is -2.04. The van der Waals surface area contributed by atoms with Crippen LogP contribution in [0.25, 0.3) is 11.1 Å². The van der Waals surface area contributed by atoms with E-state index in [1.54, 1.807) is 7.05 Å². The number of aromatic nitrogens is 1. The zero-order valence-corrected chi connectivity index (χ0v) is 12.1. The van der Waals surface area contributed by atoms with Crippen molar-refractivity contribution in [2.75, 3.05) is 6.61 Å². The van der Waals surface area contributed by atoms with Gasteiger partial charge in [0.1, 0.15) is 0 Å². The highest BCUT2D eigenvalue weighted by Gasteiger charge is 2.72. The molecule has 0 N–H and O–H groups in total. The normalized spacial score (nSPS) is 29.8. The Morgan fingerprint density at radius 3 is 2.76 bits per heavy atom. The summed E-state index contributed by atoms with van der Waals surface area (Å²) in [7, 11) is 1.71. The largest absolute Gasteiger partial charge is 0.466 e. The van der Waals surface area contributed by atoms with Gasteiger partial charge in [-0.05, 0) is 49.3 Å². The fourth-order valence-corrected chi connectivity index (χ4v) is 4.05. The number of oxazole rings is 1. The van der Waals surface area contributed by atoms with Gasteiger partial charge in [-0.3, -0.25) is 9.36 Å². The number of hydrogen-bond acceptors (Lipinski definition) is 4. The maximum atomic E-state index is 11.9. The summed E-state index contributed by atoms with van der Waals surface area (Å²) in [5.41, 5.74) is 2.46. The molecule has 3 saturated carbocycles. The van der Waals surface area contributed by atoms with Crippen LogP contribution in [0.4, 0.5) is 0 Å². The van der Waals surface area contributed by atoms with Gasteiger partial charge in [0, 0.05) is 7.05 Å². The van der Waals surface area contributed by atoms with E-state index >= 15 is 0 Å². The zero-order chi connectivity index (χ0) is 14.8. The average molecular weight is 287 g/mol. The second-order valence-electron chi connectivity index (χ2n) is 6.42. The minimum atomic E-state index is -0.345. The Labute approximate surface area is 121 Å². The van der Waals surface area contributed by atoms with Crippen molar-refractivity contribution < 1.29 is 13.9 Å². The maximum absolute atomic E-state index is 11.9. The van der Waals surface area contributed by atoms with E-state index in [0.29, 0.717) is 12.2 Å². The van der Waals surface area contributed by atoms with Gasteiger partial charge in [-0.25, -0.2) is 4.79 Å². The second kappa shape index (κ2) is 3.78. The van der Waals surface area contributed by atoms with E-state index in [-0.39, 0.29) is 22.6 Å². The van der Waals surface area contributed by atoms with E-state index in [1.807, 2.05) is 25.1 Å². The lowest BCUT2D eigenvalue weighted by molar-refractivity contribution is -0.200. The molecule has 1 heterocycles. The smallest absolute Gasteiger partial charge is 0.419 e. The molecular formula is C16H17NO4. The third kappa shape index (κ3) is 1.46. The van der Waals surface area contributed by atoms with Crippen molar-refractivity contribution in [2.45, 2.75) is 31.6 Å². The number of ether oxygens (including phenoxy) is 1. The Bertz CT molecular complexity index is 794. The summed E-state index contributed by atoms with van der Waals surface area (Å²) in [4.78, 5) is 23.5. The highest BCUT2D eigenvalue weighted by Crippen LogP contribution is 2.74. The number of carbonyl (C=O) groups excluding carboxylic acids is 1. The molecule has 0 radical (unpaired) electrons. The predicted molar refractivity (Wildman–Crippen MR) is 76.1 cm³/mol. The zero-order valence-electron chi connectivity index (χ0n) is 12.1. The van der Waals surface area contributed by atoms with Crippen LogP contribution >= 0.6 is 0 Å². The van der Waals surface area contributed by atoms with Crippen LogP contribution in [0.1, 0.15) is 31.7 Å². The Kier molecular flexibility index (Phi) is 2.28.